The Balaban J connectivity index is 1.56. The Morgan fingerprint density at radius 1 is 1.04 bits per heavy atom. The molecule has 24 heavy (non-hydrogen) atoms. The summed E-state index contributed by atoms with van der Waals surface area (Å²) in [6, 6.07) is 13.5. The van der Waals surface area contributed by atoms with E-state index < -0.39 is 0 Å². The van der Waals surface area contributed by atoms with E-state index in [-0.39, 0.29) is 5.91 Å². The normalized spacial score (nSPS) is 15.8. The van der Waals surface area contributed by atoms with E-state index in [1.165, 1.54) is 11.8 Å². The average molecular weight is 332 g/mol. The minimum absolute atomic E-state index is 0.233. The summed E-state index contributed by atoms with van der Waals surface area (Å²) in [6.45, 7) is 0. The van der Waals surface area contributed by atoms with Crippen molar-refractivity contribution in [3.63, 3.8) is 0 Å². The SMILES string of the molecule is O=C1N=C(Nc2ccncc2)S/C1=C\c1ccc2ncccc2c1. The van der Waals surface area contributed by atoms with Crippen molar-refractivity contribution >= 4 is 45.5 Å². The Kier molecular flexibility index (Phi) is 3.80. The number of hydrogen-bond acceptors (Lipinski definition) is 5. The molecule has 3 aromatic rings. The summed E-state index contributed by atoms with van der Waals surface area (Å²) in [5.41, 5.74) is 2.73. The van der Waals surface area contributed by atoms with Crippen LogP contribution < -0.4 is 5.32 Å². The molecular formula is C18H12N4OS. The molecule has 0 aliphatic carbocycles. The van der Waals surface area contributed by atoms with E-state index in [2.05, 4.69) is 20.3 Å². The largest absolute Gasteiger partial charge is 0.334 e. The summed E-state index contributed by atoms with van der Waals surface area (Å²) in [5.74, 6) is -0.233. The zero-order chi connectivity index (χ0) is 16.4. The van der Waals surface area contributed by atoms with Crippen LogP contribution in [-0.4, -0.2) is 21.0 Å². The minimum Gasteiger partial charge on any atom is -0.334 e. The molecule has 6 heteroatoms. The number of pyridine rings is 2. The van der Waals surface area contributed by atoms with Crippen LogP contribution in [0.5, 0.6) is 0 Å². The monoisotopic (exact) mass is 332 g/mol. The predicted molar refractivity (Wildman–Crippen MR) is 97.6 cm³/mol. The second-order valence-electron chi connectivity index (χ2n) is 5.15. The van der Waals surface area contributed by atoms with E-state index in [9.17, 15) is 4.79 Å². The highest BCUT2D eigenvalue weighted by atomic mass is 32.2. The van der Waals surface area contributed by atoms with Crippen molar-refractivity contribution in [1.82, 2.24) is 9.97 Å². The average Bonchev–Trinajstić information content (AvgIpc) is 2.95. The Morgan fingerprint density at radius 2 is 1.92 bits per heavy atom. The molecule has 4 rings (SSSR count). The zero-order valence-corrected chi connectivity index (χ0v) is 13.3. The van der Waals surface area contributed by atoms with Gasteiger partial charge in [0.05, 0.1) is 10.4 Å². The van der Waals surface area contributed by atoms with Crippen LogP contribution in [-0.2, 0) is 4.79 Å². The van der Waals surface area contributed by atoms with Gasteiger partial charge >= 0.3 is 0 Å². The number of nitrogens with zero attached hydrogens (tertiary/aromatic N) is 3. The predicted octanol–water partition coefficient (Wildman–Crippen LogP) is 3.71. The summed E-state index contributed by atoms with van der Waals surface area (Å²) >= 11 is 1.33. The quantitative estimate of drug-likeness (QED) is 0.725. The van der Waals surface area contributed by atoms with Gasteiger partial charge in [-0.15, -0.1) is 0 Å². The minimum atomic E-state index is -0.233. The number of benzene rings is 1. The fraction of sp³-hybridized carbons (Fsp3) is 0. The molecule has 0 radical (unpaired) electrons. The molecular weight excluding hydrogens is 320 g/mol. The number of nitrogens with one attached hydrogen (secondary N) is 1. The number of aromatic nitrogens is 2. The number of rotatable bonds is 2. The van der Waals surface area contributed by atoms with Crippen LogP contribution >= 0.6 is 11.8 Å². The third-order valence-electron chi connectivity index (χ3n) is 3.48. The molecule has 0 unspecified atom stereocenters. The number of anilines is 1. The lowest BCUT2D eigenvalue weighted by Crippen LogP contribution is -2.04. The van der Waals surface area contributed by atoms with E-state index in [0.29, 0.717) is 10.1 Å². The molecule has 1 aliphatic heterocycles. The summed E-state index contributed by atoms with van der Waals surface area (Å²) < 4.78 is 0. The molecule has 5 nitrogen and oxygen atoms in total. The molecule has 1 N–H and O–H groups in total. The maximum Gasteiger partial charge on any atom is 0.286 e. The summed E-state index contributed by atoms with van der Waals surface area (Å²) in [6.07, 6.45) is 6.99. The Hall–Kier alpha value is -2.99. The van der Waals surface area contributed by atoms with E-state index in [1.807, 2.05) is 48.5 Å². The standard InChI is InChI=1S/C18H12N4OS/c23-17-16(24-18(22-17)21-14-5-8-19-9-6-14)11-12-3-4-15-13(10-12)2-1-7-20-15/h1-11H,(H,19,21,22,23)/b16-11-. The first-order chi connectivity index (χ1) is 11.8. The highest BCUT2D eigenvalue weighted by Crippen LogP contribution is 2.29. The topological polar surface area (TPSA) is 67.2 Å². The fourth-order valence-corrected chi connectivity index (χ4v) is 3.19. The van der Waals surface area contributed by atoms with Crippen molar-refractivity contribution in [2.24, 2.45) is 4.99 Å². The van der Waals surface area contributed by atoms with Gasteiger partial charge in [0.15, 0.2) is 5.17 Å². The zero-order valence-electron chi connectivity index (χ0n) is 12.5. The van der Waals surface area contributed by atoms with Gasteiger partial charge in [0, 0.05) is 29.7 Å². The summed E-state index contributed by atoms with van der Waals surface area (Å²) in [7, 11) is 0. The van der Waals surface area contributed by atoms with Gasteiger partial charge in [0.1, 0.15) is 0 Å². The maximum absolute atomic E-state index is 12.1. The van der Waals surface area contributed by atoms with Crippen LogP contribution in [0.25, 0.3) is 17.0 Å². The lowest BCUT2D eigenvalue weighted by atomic mass is 10.1. The third kappa shape index (κ3) is 3.04. The van der Waals surface area contributed by atoms with Gasteiger partial charge in [0.2, 0.25) is 0 Å². The summed E-state index contributed by atoms with van der Waals surface area (Å²) in [5, 5.41) is 4.73. The lowest BCUT2D eigenvalue weighted by Gasteiger charge is -2.03. The van der Waals surface area contributed by atoms with E-state index in [4.69, 9.17) is 0 Å². The van der Waals surface area contributed by atoms with Crippen molar-refractivity contribution in [3.05, 3.63) is 71.5 Å². The molecule has 1 aromatic carbocycles. The molecule has 0 fully saturated rings. The molecule has 0 saturated heterocycles. The molecule has 0 bridgehead atoms. The van der Waals surface area contributed by atoms with Crippen molar-refractivity contribution < 1.29 is 4.79 Å². The first-order valence-corrected chi connectivity index (χ1v) is 8.14. The van der Waals surface area contributed by atoms with Crippen molar-refractivity contribution in [3.8, 4) is 0 Å². The first-order valence-electron chi connectivity index (χ1n) is 7.32. The second kappa shape index (κ2) is 6.25. The molecule has 2 aromatic heterocycles. The number of amides is 1. The maximum atomic E-state index is 12.1. The highest BCUT2D eigenvalue weighted by molar-refractivity contribution is 8.18. The van der Waals surface area contributed by atoms with Crippen LogP contribution in [0, 0.1) is 0 Å². The van der Waals surface area contributed by atoms with E-state index in [1.54, 1.807) is 18.6 Å². The molecule has 0 spiro atoms. The Labute approximate surface area is 142 Å². The molecule has 3 heterocycles. The Bertz CT molecular complexity index is 982. The Morgan fingerprint density at radius 3 is 2.79 bits per heavy atom. The van der Waals surface area contributed by atoms with Gasteiger partial charge in [-0.05, 0) is 53.7 Å². The van der Waals surface area contributed by atoms with E-state index >= 15 is 0 Å². The number of hydrogen-bond donors (Lipinski definition) is 1. The number of aliphatic imine (C=N–C) groups is 1. The van der Waals surface area contributed by atoms with Gasteiger partial charge in [-0.2, -0.15) is 4.99 Å². The van der Waals surface area contributed by atoms with Crippen molar-refractivity contribution in [2.45, 2.75) is 0 Å². The highest BCUT2D eigenvalue weighted by Gasteiger charge is 2.21. The van der Waals surface area contributed by atoms with Crippen molar-refractivity contribution in [2.75, 3.05) is 5.32 Å². The van der Waals surface area contributed by atoms with Crippen molar-refractivity contribution in [1.29, 1.82) is 0 Å². The smallest absolute Gasteiger partial charge is 0.286 e. The van der Waals surface area contributed by atoms with Gasteiger partial charge in [-0.25, -0.2) is 0 Å². The molecule has 116 valence electrons. The molecule has 1 aliphatic rings. The number of thioether (sulfide) groups is 1. The second-order valence-corrected chi connectivity index (χ2v) is 6.18. The number of amidine groups is 1. The van der Waals surface area contributed by atoms with Crippen LogP contribution in [0.2, 0.25) is 0 Å². The van der Waals surface area contributed by atoms with Crippen LogP contribution in [0.15, 0.2) is 71.0 Å². The van der Waals surface area contributed by atoms with E-state index in [0.717, 1.165) is 22.2 Å². The van der Waals surface area contributed by atoms with Crippen LogP contribution in [0.4, 0.5) is 5.69 Å². The molecule has 0 saturated carbocycles. The van der Waals surface area contributed by atoms with Gasteiger partial charge in [0.25, 0.3) is 5.91 Å². The third-order valence-corrected chi connectivity index (χ3v) is 4.38. The number of carbonyl (C=O) groups excluding carboxylic acids is 1. The van der Waals surface area contributed by atoms with Gasteiger partial charge < -0.3 is 5.32 Å². The number of fused-ring (bicyclic) bond motifs is 1. The first kappa shape index (κ1) is 14.6. The molecule has 0 atom stereocenters. The molecule has 1 amide bonds. The number of carbonyl (C=O) groups is 1. The lowest BCUT2D eigenvalue weighted by molar-refractivity contribution is -0.113. The summed E-state index contributed by atoms with van der Waals surface area (Å²) in [4.78, 5) is 25.0. The van der Waals surface area contributed by atoms with Gasteiger partial charge in [-0.1, -0.05) is 12.1 Å². The van der Waals surface area contributed by atoms with Crippen LogP contribution in [0.3, 0.4) is 0 Å². The van der Waals surface area contributed by atoms with Gasteiger partial charge in [-0.3, -0.25) is 14.8 Å². The fourth-order valence-electron chi connectivity index (χ4n) is 2.36. The van der Waals surface area contributed by atoms with Crippen LogP contribution in [0.1, 0.15) is 5.56 Å².